The number of rotatable bonds is 2. The minimum absolute atomic E-state index is 0.0611. The molecule has 3 fully saturated rings. The first-order valence-electron chi connectivity index (χ1n) is 8.74. The molecule has 1 aromatic rings. The number of esters is 1. The number of nitrogens with one attached hydrogen (secondary N) is 2. The minimum atomic E-state index is -0.710. The van der Waals surface area contributed by atoms with Gasteiger partial charge in [0, 0.05) is 12.1 Å². The van der Waals surface area contributed by atoms with E-state index >= 15 is 0 Å². The predicted octanol–water partition coefficient (Wildman–Crippen LogP) is 0.771. The number of hydrogen-bond donors (Lipinski definition) is 2. The fraction of sp³-hybridized carbons (Fsp3) is 0.500. The van der Waals surface area contributed by atoms with E-state index in [4.69, 9.17) is 9.47 Å². The average Bonchev–Trinajstić information content (AvgIpc) is 3.27. The Balaban J connectivity index is 1.44. The van der Waals surface area contributed by atoms with Gasteiger partial charge in [0.05, 0.1) is 17.7 Å². The van der Waals surface area contributed by atoms with E-state index in [-0.39, 0.29) is 24.3 Å². The van der Waals surface area contributed by atoms with Crippen molar-refractivity contribution >= 4 is 23.5 Å². The number of anilines is 1. The summed E-state index contributed by atoms with van der Waals surface area (Å²) < 4.78 is 25.4. The predicted molar refractivity (Wildman–Crippen MR) is 85.8 cm³/mol. The maximum Gasteiger partial charge on any atom is 0.313 e. The second-order valence-corrected chi connectivity index (χ2v) is 7.36. The van der Waals surface area contributed by atoms with Gasteiger partial charge in [-0.1, -0.05) is 0 Å². The fourth-order valence-corrected chi connectivity index (χ4v) is 4.74. The Labute approximate surface area is 148 Å². The van der Waals surface area contributed by atoms with Gasteiger partial charge in [0.25, 0.3) is 5.91 Å². The molecular formula is C18H17FN2O5. The summed E-state index contributed by atoms with van der Waals surface area (Å²) in [6.07, 6.45) is 1.53. The zero-order valence-corrected chi connectivity index (χ0v) is 13.8. The normalized spacial score (nSPS) is 34.1. The van der Waals surface area contributed by atoms with Crippen molar-refractivity contribution in [1.29, 1.82) is 0 Å². The molecule has 1 spiro atoms. The van der Waals surface area contributed by atoms with Crippen molar-refractivity contribution in [3.63, 3.8) is 0 Å². The van der Waals surface area contributed by atoms with Crippen LogP contribution in [0.3, 0.4) is 0 Å². The maximum atomic E-state index is 14.4. The Morgan fingerprint density at radius 2 is 2.19 bits per heavy atom. The SMILES string of the molecule is O=C1NCCc2cc(F)c(NC(=O)[C@H]3[C@H]4C(=O)OC[C@]45CC[C@H]3O5)cc21. The van der Waals surface area contributed by atoms with E-state index in [0.29, 0.717) is 36.9 Å². The van der Waals surface area contributed by atoms with Gasteiger partial charge < -0.3 is 20.1 Å². The molecule has 0 radical (unpaired) electrons. The summed E-state index contributed by atoms with van der Waals surface area (Å²) in [6.45, 7) is 0.633. The van der Waals surface area contributed by atoms with Gasteiger partial charge in [-0.05, 0) is 37.0 Å². The molecule has 2 amide bonds. The molecule has 0 aliphatic carbocycles. The van der Waals surface area contributed by atoms with Gasteiger partial charge in [0.2, 0.25) is 5.91 Å². The van der Waals surface area contributed by atoms with Crippen LogP contribution in [0.2, 0.25) is 0 Å². The van der Waals surface area contributed by atoms with Crippen molar-refractivity contribution in [2.45, 2.75) is 31.0 Å². The highest BCUT2D eigenvalue weighted by molar-refractivity contribution is 6.01. The molecule has 0 saturated carbocycles. The maximum absolute atomic E-state index is 14.4. The first-order valence-corrected chi connectivity index (χ1v) is 8.74. The van der Waals surface area contributed by atoms with Crippen LogP contribution >= 0.6 is 0 Å². The molecule has 0 unspecified atom stereocenters. The van der Waals surface area contributed by atoms with E-state index in [0.717, 1.165) is 0 Å². The van der Waals surface area contributed by atoms with Crippen LogP contribution < -0.4 is 10.6 Å². The van der Waals surface area contributed by atoms with Gasteiger partial charge in [-0.15, -0.1) is 0 Å². The van der Waals surface area contributed by atoms with Gasteiger partial charge in [-0.3, -0.25) is 14.4 Å². The van der Waals surface area contributed by atoms with Gasteiger partial charge in [-0.25, -0.2) is 4.39 Å². The van der Waals surface area contributed by atoms with E-state index in [2.05, 4.69) is 10.6 Å². The third kappa shape index (κ3) is 2.05. The second-order valence-electron chi connectivity index (χ2n) is 7.36. The summed E-state index contributed by atoms with van der Waals surface area (Å²) in [6, 6.07) is 2.64. The summed E-state index contributed by atoms with van der Waals surface area (Å²) >= 11 is 0. The van der Waals surface area contributed by atoms with Crippen LogP contribution in [0.5, 0.6) is 0 Å². The molecule has 26 heavy (non-hydrogen) atoms. The van der Waals surface area contributed by atoms with E-state index in [1.54, 1.807) is 0 Å². The quantitative estimate of drug-likeness (QED) is 0.760. The lowest BCUT2D eigenvalue weighted by Crippen LogP contribution is -2.43. The number of hydrogen-bond acceptors (Lipinski definition) is 5. The minimum Gasteiger partial charge on any atom is -0.462 e. The zero-order chi connectivity index (χ0) is 18.1. The van der Waals surface area contributed by atoms with Crippen LogP contribution in [-0.4, -0.2) is 42.6 Å². The Morgan fingerprint density at radius 3 is 3.04 bits per heavy atom. The third-order valence-electron chi connectivity index (χ3n) is 5.96. The lowest BCUT2D eigenvalue weighted by molar-refractivity contribution is -0.145. The van der Waals surface area contributed by atoms with Gasteiger partial charge in [-0.2, -0.15) is 0 Å². The Kier molecular flexibility index (Phi) is 3.19. The van der Waals surface area contributed by atoms with Crippen LogP contribution in [0.4, 0.5) is 10.1 Å². The third-order valence-corrected chi connectivity index (χ3v) is 5.96. The fourth-order valence-electron chi connectivity index (χ4n) is 4.74. The lowest BCUT2D eigenvalue weighted by atomic mass is 9.73. The molecule has 0 aromatic heterocycles. The molecule has 4 heterocycles. The summed E-state index contributed by atoms with van der Waals surface area (Å²) in [5.41, 5.74) is 0.201. The van der Waals surface area contributed by atoms with E-state index < -0.39 is 35.1 Å². The Morgan fingerprint density at radius 1 is 1.35 bits per heavy atom. The first kappa shape index (κ1) is 15.7. The Bertz CT molecular complexity index is 856. The van der Waals surface area contributed by atoms with Crippen LogP contribution in [0.15, 0.2) is 12.1 Å². The van der Waals surface area contributed by atoms with Crippen molar-refractivity contribution < 1.29 is 28.2 Å². The number of fused-ring (bicyclic) bond motifs is 2. The molecule has 4 atom stereocenters. The van der Waals surface area contributed by atoms with E-state index in [1.807, 2.05) is 0 Å². The number of cyclic esters (lactones) is 1. The van der Waals surface area contributed by atoms with Crippen LogP contribution in [0, 0.1) is 17.7 Å². The molecule has 7 nitrogen and oxygen atoms in total. The van der Waals surface area contributed by atoms with Crippen LogP contribution in [0.25, 0.3) is 0 Å². The molecule has 136 valence electrons. The highest BCUT2D eigenvalue weighted by atomic mass is 19.1. The van der Waals surface area contributed by atoms with Crippen molar-refractivity contribution in [2.24, 2.45) is 11.8 Å². The molecular weight excluding hydrogens is 343 g/mol. The summed E-state index contributed by atoms with van der Waals surface area (Å²) in [5.74, 6) is -3.15. The van der Waals surface area contributed by atoms with Gasteiger partial charge in [0.1, 0.15) is 23.9 Å². The summed E-state index contributed by atoms with van der Waals surface area (Å²) in [5, 5.41) is 5.25. The lowest BCUT2D eigenvalue weighted by Gasteiger charge is -2.26. The number of amides is 2. The van der Waals surface area contributed by atoms with Crippen molar-refractivity contribution in [3.8, 4) is 0 Å². The van der Waals surface area contributed by atoms with E-state index in [9.17, 15) is 18.8 Å². The van der Waals surface area contributed by atoms with E-state index in [1.165, 1.54) is 12.1 Å². The highest BCUT2D eigenvalue weighted by Gasteiger charge is 2.68. The Hall–Kier alpha value is -2.48. The molecule has 2 N–H and O–H groups in total. The first-order chi connectivity index (χ1) is 12.5. The number of benzene rings is 1. The standard InChI is InChI=1S/C18H17FN2O5/c19-10-5-8-2-4-20-15(22)9(8)6-11(10)21-16(23)13-12-1-3-18(26-12)7-25-17(24)14(13)18/h5-6,12-14H,1-4,7H2,(H,20,22)(H,21,23)/t12-,13-,14+,18-/m1/s1. The summed E-state index contributed by atoms with van der Waals surface area (Å²) in [4.78, 5) is 36.9. The number of carbonyl (C=O) groups is 3. The van der Waals surface area contributed by atoms with Crippen molar-refractivity contribution in [2.75, 3.05) is 18.5 Å². The second kappa shape index (κ2) is 5.26. The largest absolute Gasteiger partial charge is 0.462 e. The molecule has 4 aliphatic heterocycles. The molecule has 4 aliphatic rings. The monoisotopic (exact) mass is 360 g/mol. The highest BCUT2D eigenvalue weighted by Crippen LogP contribution is 2.54. The van der Waals surface area contributed by atoms with Gasteiger partial charge >= 0.3 is 5.97 Å². The topological polar surface area (TPSA) is 93.7 Å². The van der Waals surface area contributed by atoms with Gasteiger partial charge in [0.15, 0.2) is 0 Å². The number of halogens is 1. The number of carbonyl (C=O) groups excluding carboxylic acids is 3. The molecule has 1 aromatic carbocycles. The molecule has 3 saturated heterocycles. The van der Waals surface area contributed by atoms with Crippen LogP contribution in [0.1, 0.15) is 28.8 Å². The summed E-state index contributed by atoms with van der Waals surface area (Å²) in [7, 11) is 0. The number of ether oxygens (including phenoxy) is 2. The zero-order valence-electron chi connectivity index (χ0n) is 13.8. The van der Waals surface area contributed by atoms with Crippen molar-refractivity contribution in [3.05, 3.63) is 29.1 Å². The molecule has 8 heteroatoms. The van der Waals surface area contributed by atoms with Crippen molar-refractivity contribution in [1.82, 2.24) is 5.32 Å². The smallest absolute Gasteiger partial charge is 0.313 e. The van der Waals surface area contributed by atoms with Crippen LogP contribution in [-0.2, 0) is 25.5 Å². The average molecular weight is 360 g/mol. The molecule has 2 bridgehead atoms. The molecule has 5 rings (SSSR count).